The Morgan fingerprint density at radius 2 is 1.73 bits per heavy atom. The van der Waals surface area contributed by atoms with Crippen molar-refractivity contribution in [2.24, 2.45) is 0 Å². The normalized spacial score (nSPS) is 14.0. The maximum Gasteiger partial charge on any atom is 0.267 e. The number of carbonyl (C=O) groups is 2. The average molecular weight is 430 g/mol. The van der Waals surface area contributed by atoms with Crippen LogP contribution in [0.2, 0.25) is 0 Å². The first-order valence-electron chi connectivity index (χ1n) is 9.87. The number of halogens is 1. The van der Waals surface area contributed by atoms with Gasteiger partial charge in [-0.3, -0.25) is 14.5 Å². The largest absolute Gasteiger partial charge is 0.494 e. The average Bonchev–Trinajstić information content (AvgIpc) is 3.00. The van der Waals surface area contributed by atoms with Gasteiger partial charge in [0.05, 0.1) is 23.7 Å². The van der Waals surface area contributed by atoms with E-state index in [1.165, 1.54) is 28.8 Å². The van der Waals surface area contributed by atoms with E-state index < -0.39 is 0 Å². The van der Waals surface area contributed by atoms with Crippen molar-refractivity contribution < 1.29 is 23.8 Å². The van der Waals surface area contributed by atoms with Crippen molar-refractivity contribution in [3.05, 3.63) is 70.4 Å². The number of nitrogens with zero attached hydrogens (tertiary/aromatic N) is 1. The highest BCUT2D eigenvalue weighted by Crippen LogP contribution is 2.36. The van der Waals surface area contributed by atoms with Crippen LogP contribution < -0.4 is 4.74 Å². The fraction of sp³-hybridized carbons (Fsp3) is 0.304. The molecule has 0 atom stereocenters. The Bertz CT molecular complexity index is 925. The molecule has 3 rings (SSSR count). The molecule has 0 bridgehead atoms. The standard InChI is InChI=1S/C23H24FNO4S/c1-2-14-29-19-9-5-17(6-10-19)20-21(30-15-13-26)23(28)25(22(20)27)12-11-16-3-7-18(24)8-4-16/h3-10,26H,2,11-15H2,1H3. The molecule has 30 heavy (non-hydrogen) atoms. The summed E-state index contributed by atoms with van der Waals surface area (Å²) in [7, 11) is 0. The molecule has 1 N–H and O–H groups in total. The van der Waals surface area contributed by atoms with E-state index in [0.29, 0.717) is 40.6 Å². The predicted molar refractivity (Wildman–Crippen MR) is 116 cm³/mol. The first-order chi connectivity index (χ1) is 14.5. The molecule has 1 aliphatic heterocycles. The van der Waals surface area contributed by atoms with E-state index in [1.807, 2.05) is 6.92 Å². The lowest BCUT2D eigenvalue weighted by Gasteiger charge is -2.15. The lowest BCUT2D eigenvalue weighted by molar-refractivity contribution is -0.136. The van der Waals surface area contributed by atoms with Gasteiger partial charge in [0.2, 0.25) is 0 Å². The molecule has 2 aromatic rings. The number of benzene rings is 2. The van der Waals surface area contributed by atoms with Crippen molar-refractivity contribution in [1.82, 2.24) is 4.90 Å². The van der Waals surface area contributed by atoms with Gasteiger partial charge in [-0.15, -0.1) is 11.8 Å². The molecule has 2 amide bonds. The van der Waals surface area contributed by atoms with Crippen LogP contribution in [0.25, 0.3) is 5.57 Å². The Labute approximate surface area is 179 Å². The van der Waals surface area contributed by atoms with Crippen molar-refractivity contribution in [2.45, 2.75) is 19.8 Å². The highest BCUT2D eigenvalue weighted by molar-refractivity contribution is 8.04. The van der Waals surface area contributed by atoms with Gasteiger partial charge in [0.1, 0.15) is 11.6 Å². The summed E-state index contributed by atoms with van der Waals surface area (Å²) in [5, 5.41) is 9.19. The molecule has 2 aromatic carbocycles. The van der Waals surface area contributed by atoms with Crippen LogP contribution in [-0.2, 0) is 16.0 Å². The van der Waals surface area contributed by atoms with Crippen molar-refractivity contribution >= 4 is 29.1 Å². The molecule has 0 fully saturated rings. The van der Waals surface area contributed by atoms with Crippen LogP contribution in [0.4, 0.5) is 4.39 Å². The Kier molecular flexibility index (Phi) is 7.65. The summed E-state index contributed by atoms with van der Waals surface area (Å²) >= 11 is 1.18. The van der Waals surface area contributed by atoms with Gasteiger partial charge in [0.15, 0.2) is 0 Å². The summed E-state index contributed by atoms with van der Waals surface area (Å²) in [6.07, 6.45) is 1.33. The number of hydrogen-bond donors (Lipinski definition) is 1. The SMILES string of the molecule is CCCOc1ccc(C2=C(SCCO)C(=O)N(CCc3ccc(F)cc3)C2=O)cc1. The number of carbonyl (C=O) groups excluding carboxylic acids is 2. The van der Waals surface area contributed by atoms with Crippen LogP contribution in [0, 0.1) is 5.82 Å². The monoisotopic (exact) mass is 429 g/mol. The topological polar surface area (TPSA) is 66.8 Å². The third-order valence-corrected chi connectivity index (χ3v) is 5.67. The number of amides is 2. The molecule has 5 nitrogen and oxygen atoms in total. The third-order valence-electron chi connectivity index (χ3n) is 4.62. The Morgan fingerprint density at radius 1 is 1.03 bits per heavy atom. The minimum atomic E-state index is -0.359. The lowest BCUT2D eigenvalue weighted by Crippen LogP contribution is -2.33. The third kappa shape index (κ3) is 5.09. The van der Waals surface area contributed by atoms with Gasteiger partial charge in [-0.25, -0.2) is 4.39 Å². The van der Waals surface area contributed by atoms with E-state index in [-0.39, 0.29) is 30.8 Å². The number of hydrogen-bond acceptors (Lipinski definition) is 5. The van der Waals surface area contributed by atoms with Crippen LogP contribution in [0.1, 0.15) is 24.5 Å². The molecule has 0 saturated carbocycles. The van der Waals surface area contributed by atoms with Gasteiger partial charge in [0, 0.05) is 12.3 Å². The van der Waals surface area contributed by atoms with Crippen LogP contribution >= 0.6 is 11.8 Å². The molecule has 0 aromatic heterocycles. The molecular weight excluding hydrogens is 405 g/mol. The van der Waals surface area contributed by atoms with E-state index in [9.17, 15) is 19.1 Å². The lowest BCUT2D eigenvalue weighted by atomic mass is 10.1. The minimum absolute atomic E-state index is 0.0949. The second-order valence-electron chi connectivity index (χ2n) is 6.79. The van der Waals surface area contributed by atoms with E-state index in [2.05, 4.69) is 0 Å². The molecule has 0 aliphatic carbocycles. The van der Waals surface area contributed by atoms with Gasteiger partial charge in [0.25, 0.3) is 11.8 Å². The molecule has 0 saturated heterocycles. The Morgan fingerprint density at radius 3 is 2.37 bits per heavy atom. The summed E-state index contributed by atoms with van der Waals surface area (Å²) in [6, 6.07) is 13.1. The van der Waals surface area contributed by atoms with Crippen molar-refractivity contribution in [2.75, 3.05) is 25.5 Å². The molecular formula is C23H24FNO4S. The Balaban J connectivity index is 1.81. The zero-order valence-electron chi connectivity index (χ0n) is 16.8. The van der Waals surface area contributed by atoms with Crippen LogP contribution in [0.15, 0.2) is 53.4 Å². The number of thioether (sulfide) groups is 1. The van der Waals surface area contributed by atoms with Gasteiger partial charge >= 0.3 is 0 Å². The van der Waals surface area contributed by atoms with Crippen LogP contribution in [-0.4, -0.2) is 47.3 Å². The summed E-state index contributed by atoms with van der Waals surface area (Å²) in [4.78, 5) is 27.6. The zero-order chi connectivity index (χ0) is 21.5. The fourth-order valence-corrected chi connectivity index (χ4v) is 4.00. The van der Waals surface area contributed by atoms with Gasteiger partial charge in [-0.2, -0.15) is 0 Å². The number of ether oxygens (including phenoxy) is 1. The molecule has 1 heterocycles. The van der Waals surface area contributed by atoms with E-state index >= 15 is 0 Å². The molecule has 0 radical (unpaired) electrons. The maximum atomic E-state index is 13.1. The summed E-state index contributed by atoms with van der Waals surface area (Å²) in [6.45, 7) is 2.73. The van der Waals surface area contributed by atoms with E-state index in [0.717, 1.165) is 12.0 Å². The molecule has 0 unspecified atom stereocenters. The maximum absolute atomic E-state index is 13.1. The molecule has 1 aliphatic rings. The summed E-state index contributed by atoms with van der Waals surface area (Å²) in [5.41, 5.74) is 1.83. The van der Waals surface area contributed by atoms with Crippen molar-refractivity contribution in [3.63, 3.8) is 0 Å². The summed E-state index contributed by atoms with van der Waals surface area (Å²) < 4.78 is 18.7. The highest BCUT2D eigenvalue weighted by atomic mass is 32.2. The fourth-order valence-electron chi connectivity index (χ4n) is 3.12. The van der Waals surface area contributed by atoms with E-state index in [4.69, 9.17) is 4.74 Å². The van der Waals surface area contributed by atoms with Crippen LogP contribution in [0.5, 0.6) is 5.75 Å². The second kappa shape index (κ2) is 10.4. The molecule has 158 valence electrons. The van der Waals surface area contributed by atoms with Crippen molar-refractivity contribution in [1.29, 1.82) is 0 Å². The first-order valence-corrected chi connectivity index (χ1v) is 10.9. The summed E-state index contributed by atoms with van der Waals surface area (Å²) in [5.74, 6) is -0.0196. The first kappa shape index (κ1) is 22.1. The number of rotatable bonds is 10. The number of aliphatic hydroxyl groups excluding tert-OH is 1. The highest BCUT2D eigenvalue weighted by Gasteiger charge is 2.38. The smallest absolute Gasteiger partial charge is 0.267 e. The Hall–Kier alpha value is -2.64. The van der Waals surface area contributed by atoms with Gasteiger partial charge in [-0.05, 0) is 48.2 Å². The minimum Gasteiger partial charge on any atom is -0.494 e. The second-order valence-corrected chi connectivity index (χ2v) is 7.89. The predicted octanol–water partition coefficient (Wildman–Crippen LogP) is 3.66. The van der Waals surface area contributed by atoms with Crippen LogP contribution in [0.3, 0.4) is 0 Å². The van der Waals surface area contributed by atoms with Crippen molar-refractivity contribution in [3.8, 4) is 5.75 Å². The number of aliphatic hydroxyl groups is 1. The quantitative estimate of drug-likeness (QED) is 0.584. The molecule has 7 heteroatoms. The van der Waals surface area contributed by atoms with E-state index in [1.54, 1.807) is 36.4 Å². The molecule has 0 spiro atoms. The van der Waals surface area contributed by atoms with Gasteiger partial charge in [-0.1, -0.05) is 31.2 Å². The number of imide groups is 1. The van der Waals surface area contributed by atoms with Gasteiger partial charge < -0.3 is 9.84 Å². The zero-order valence-corrected chi connectivity index (χ0v) is 17.6.